The number of thioether (sulfide) groups is 1. The van der Waals surface area contributed by atoms with E-state index in [4.69, 9.17) is 4.63 Å². The largest absolute Gasteiger partial charge is 0.468 e. The minimum atomic E-state index is -2.35. The van der Waals surface area contributed by atoms with Crippen LogP contribution in [0.5, 0.6) is 0 Å². The number of esters is 2. The van der Waals surface area contributed by atoms with E-state index in [0.29, 0.717) is 0 Å². The third-order valence-electron chi connectivity index (χ3n) is 3.62. The van der Waals surface area contributed by atoms with Gasteiger partial charge in [0.05, 0.1) is 30.9 Å². The molecule has 0 amide bonds. The lowest BCUT2D eigenvalue weighted by Gasteiger charge is -2.08. The predicted molar refractivity (Wildman–Crippen MR) is 117 cm³/mol. The fraction of sp³-hybridized carbons (Fsp3) is 0.312. The molecule has 0 radical (unpaired) electrons. The van der Waals surface area contributed by atoms with Crippen LogP contribution in [0, 0.1) is 5.82 Å². The van der Waals surface area contributed by atoms with Crippen molar-refractivity contribution in [2.24, 2.45) is 4.99 Å². The van der Waals surface area contributed by atoms with E-state index < -0.39 is 30.8 Å². The van der Waals surface area contributed by atoms with Gasteiger partial charge in [0.25, 0.3) is 5.11 Å². The zero-order valence-corrected chi connectivity index (χ0v) is 20.4. The summed E-state index contributed by atoms with van der Waals surface area (Å²) >= 11 is 3.85. The Bertz CT molecular complexity index is 1040. The Morgan fingerprint density at radius 3 is 2.64 bits per heavy atom. The van der Waals surface area contributed by atoms with Crippen molar-refractivity contribution in [3.05, 3.63) is 34.2 Å². The first-order valence-electron chi connectivity index (χ1n) is 8.79. The molecule has 0 bridgehead atoms. The average Bonchev–Trinajstić information content (AvgIpc) is 3.28. The Kier molecular flexibility index (Phi) is 10.8. The van der Waals surface area contributed by atoms with Gasteiger partial charge in [0.1, 0.15) is 12.4 Å². The number of hydroxylamine groups is 1. The monoisotopic (exact) mass is 567 g/mol. The Morgan fingerprint density at radius 2 is 2.00 bits per heavy atom. The highest BCUT2D eigenvalue weighted by Gasteiger charge is 2.36. The van der Waals surface area contributed by atoms with E-state index in [1.165, 1.54) is 32.4 Å². The first kappa shape index (κ1) is 26.8. The number of rotatable bonds is 11. The van der Waals surface area contributed by atoms with Crippen molar-refractivity contribution in [1.82, 2.24) is 26.2 Å². The number of carbonyl (C=O) groups is 2. The number of methoxy groups -OCH3 is 2. The van der Waals surface area contributed by atoms with E-state index in [1.807, 2.05) is 5.48 Å². The first-order chi connectivity index (χ1) is 15.8. The summed E-state index contributed by atoms with van der Waals surface area (Å²) in [6.07, 6.45) is 0. The lowest BCUT2D eigenvalue weighted by atomic mass is 10.3. The van der Waals surface area contributed by atoms with Crippen LogP contribution < -0.4 is 15.9 Å². The summed E-state index contributed by atoms with van der Waals surface area (Å²) in [7, 11) is 0.00897. The molecule has 1 aromatic heterocycles. The molecule has 33 heavy (non-hydrogen) atoms. The number of aliphatic imine (C=N–C) groups is 1. The van der Waals surface area contributed by atoms with Gasteiger partial charge in [-0.25, -0.2) is 14.0 Å². The van der Waals surface area contributed by atoms with Gasteiger partial charge in [-0.2, -0.15) is 0 Å². The number of ether oxygens (including phenoxy) is 2. The highest BCUT2D eigenvalue weighted by atomic mass is 79.9. The maximum absolute atomic E-state index is 13.5. The van der Waals surface area contributed by atoms with Crippen LogP contribution in [0.2, 0.25) is 0 Å². The van der Waals surface area contributed by atoms with Gasteiger partial charge in [-0.3, -0.25) is 25.6 Å². The molecule has 0 aliphatic rings. The van der Waals surface area contributed by atoms with Crippen LogP contribution in [0.15, 0.2) is 37.3 Å². The zero-order valence-electron chi connectivity index (χ0n) is 17.1. The van der Waals surface area contributed by atoms with Gasteiger partial charge < -0.3 is 9.47 Å². The number of hydrogen-bond acceptors (Lipinski definition) is 12. The van der Waals surface area contributed by atoms with Crippen molar-refractivity contribution in [3.63, 3.8) is 0 Å². The van der Waals surface area contributed by atoms with Gasteiger partial charge in [-0.1, -0.05) is 5.09 Å². The first-order valence-corrected chi connectivity index (χ1v) is 11.8. The standard InChI is InChI=1S/C16H18BrFN6O7PS/c1-29-11(25)6-19-16(32(28)20-7-12(26)30-2)33-15-13(23-31-24-15)14(22-27)21-8-3-4-10(18)9(17)5-8/h3-5,16,19,27H,6-7H2,1-2H3,(H,20,28)(H,21,22)/q+1. The van der Waals surface area contributed by atoms with E-state index >= 15 is 0 Å². The minimum absolute atomic E-state index is 0.0297. The Labute approximate surface area is 199 Å². The molecule has 2 unspecified atom stereocenters. The Morgan fingerprint density at radius 1 is 1.30 bits per heavy atom. The van der Waals surface area contributed by atoms with Crippen LogP contribution in [-0.4, -0.2) is 65.7 Å². The molecule has 0 fully saturated rings. The number of hydrogen-bond donors (Lipinski definition) is 4. The van der Waals surface area contributed by atoms with Gasteiger partial charge in [-0.15, -0.1) is 0 Å². The molecule has 13 nitrogen and oxygen atoms in total. The molecular formula is C16H18BrFN6O7PS+. The molecule has 0 aliphatic heterocycles. The van der Waals surface area contributed by atoms with Gasteiger partial charge in [0.15, 0.2) is 16.6 Å². The number of amidine groups is 1. The second-order valence-corrected chi connectivity index (χ2v) is 9.53. The number of halogens is 2. The quantitative estimate of drug-likeness (QED) is 0.0586. The van der Waals surface area contributed by atoms with E-state index in [9.17, 15) is 23.8 Å². The maximum atomic E-state index is 13.5. The van der Waals surface area contributed by atoms with Crippen LogP contribution in [0.1, 0.15) is 5.69 Å². The zero-order chi connectivity index (χ0) is 24.4. The third-order valence-corrected chi connectivity index (χ3v) is 7.08. The molecule has 4 N–H and O–H groups in total. The van der Waals surface area contributed by atoms with E-state index in [2.05, 4.69) is 51.1 Å². The molecule has 0 spiro atoms. The molecule has 0 saturated heterocycles. The van der Waals surface area contributed by atoms with Crippen molar-refractivity contribution in [2.45, 2.75) is 10.1 Å². The molecule has 1 aromatic carbocycles. The number of aromatic nitrogens is 2. The van der Waals surface area contributed by atoms with Crippen molar-refractivity contribution >= 4 is 59.1 Å². The topological polar surface area (TPSA) is 177 Å². The van der Waals surface area contributed by atoms with E-state index in [1.54, 1.807) is 0 Å². The molecule has 1 heterocycles. The third kappa shape index (κ3) is 8.10. The molecule has 2 aromatic rings. The van der Waals surface area contributed by atoms with Crippen LogP contribution in [0.4, 0.5) is 10.1 Å². The molecule has 0 saturated carbocycles. The molecule has 17 heteroatoms. The molecule has 2 atom stereocenters. The predicted octanol–water partition coefficient (Wildman–Crippen LogP) is 1.67. The summed E-state index contributed by atoms with van der Waals surface area (Å²) in [5.74, 6) is -1.99. The van der Waals surface area contributed by atoms with E-state index in [0.717, 1.165) is 11.8 Å². The molecule has 2 rings (SSSR count). The van der Waals surface area contributed by atoms with Crippen molar-refractivity contribution in [1.29, 1.82) is 0 Å². The molecular weight excluding hydrogens is 550 g/mol. The van der Waals surface area contributed by atoms with Gasteiger partial charge in [-0.05, 0) is 60.8 Å². The Balaban J connectivity index is 2.27. The van der Waals surface area contributed by atoms with E-state index in [-0.39, 0.29) is 39.8 Å². The van der Waals surface area contributed by atoms with Gasteiger partial charge >= 0.3 is 19.9 Å². The average molecular weight is 568 g/mol. The van der Waals surface area contributed by atoms with Gasteiger partial charge in [0, 0.05) is 0 Å². The lowest BCUT2D eigenvalue weighted by Crippen LogP contribution is -2.33. The highest BCUT2D eigenvalue weighted by molar-refractivity contribution is 9.10. The summed E-state index contributed by atoms with van der Waals surface area (Å²) in [5.41, 5.74) is 2.05. The van der Waals surface area contributed by atoms with Crippen molar-refractivity contribution in [2.75, 3.05) is 27.3 Å². The minimum Gasteiger partial charge on any atom is -0.468 e. The van der Waals surface area contributed by atoms with Gasteiger partial charge in [0.2, 0.25) is 0 Å². The Hall–Kier alpha value is -2.49. The smallest absolute Gasteiger partial charge is 0.463 e. The molecule has 178 valence electrons. The van der Waals surface area contributed by atoms with Crippen molar-refractivity contribution < 1.29 is 37.9 Å². The van der Waals surface area contributed by atoms with Crippen molar-refractivity contribution in [3.8, 4) is 0 Å². The lowest BCUT2D eigenvalue weighted by molar-refractivity contribution is -0.140. The summed E-state index contributed by atoms with van der Waals surface area (Å²) in [6.45, 7) is -0.657. The summed E-state index contributed by atoms with van der Waals surface area (Å²) in [4.78, 5) is 27.0. The summed E-state index contributed by atoms with van der Waals surface area (Å²) in [5, 5.41) is 21.1. The SMILES string of the molecule is COC(=O)CNC(Sc1nonc1C(=Nc1ccc(F)c(Br)c1)NO)[P+](=O)NCC(=O)OC. The highest BCUT2D eigenvalue weighted by Crippen LogP contribution is 2.36. The normalized spacial score (nSPS) is 12.8. The summed E-state index contributed by atoms with van der Waals surface area (Å²) in [6, 6.07) is 3.88. The number of nitrogens with one attached hydrogen (secondary N) is 3. The van der Waals surface area contributed by atoms with Crippen LogP contribution >= 0.6 is 35.6 Å². The number of benzene rings is 1. The number of carbonyl (C=O) groups excluding carboxylic acids is 2. The van der Waals surface area contributed by atoms with Crippen LogP contribution in [0.3, 0.4) is 0 Å². The van der Waals surface area contributed by atoms with Crippen LogP contribution in [0.25, 0.3) is 0 Å². The maximum Gasteiger partial charge on any atom is 0.463 e. The fourth-order valence-electron chi connectivity index (χ4n) is 2.04. The second-order valence-electron chi connectivity index (χ2n) is 5.75. The fourth-order valence-corrected chi connectivity index (χ4v) is 4.72. The number of nitrogens with zero attached hydrogens (tertiary/aromatic N) is 3. The second kappa shape index (κ2) is 13.3. The van der Waals surface area contributed by atoms with Crippen LogP contribution in [-0.2, 0) is 23.6 Å². The summed E-state index contributed by atoms with van der Waals surface area (Å²) < 4.78 is 40.1. The molecule has 0 aliphatic carbocycles.